The Labute approximate surface area is 383 Å². The van der Waals surface area contributed by atoms with Gasteiger partial charge >= 0.3 is 6.09 Å². The first kappa shape index (κ1) is 51.5. The van der Waals surface area contributed by atoms with E-state index in [0.29, 0.717) is 31.5 Å². The largest absolute Gasteiger partial charge is 0.446 e. The van der Waals surface area contributed by atoms with Gasteiger partial charge in [0.1, 0.15) is 6.10 Å². The zero-order valence-corrected chi connectivity index (χ0v) is 41.2. The first-order chi connectivity index (χ1) is 30.3. The average molecular weight is 881 g/mol. The first-order valence-corrected chi connectivity index (χ1v) is 25.9. The number of rotatable bonds is 28. The van der Waals surface area contributed by atoms with Gasteiger partial charge in [-0.05, 0) is 117 Å². The maximum atomic E-state index is 13.4. The summed E-state index contributed by atoms with van der Waals surface area (Å²) in [6.07, 6.45) is 23.5. The highest BCUT2D eigenvalue weighted by Crippen LogP contribution is 2.67. The van der Waals surface area contributed by atoms with Crippen LogP contribution in [-0.4, -0.2) is 127 Å². The number of aromatic nitrogens is 2. The Kier molecular flexibility index (Phi) is 20.8. The summed E-state index contributed by atoms with van der Waals surface area (Å²) in [4.78, 5) is 40.7. The highest BCUT2D eigenvalue weighted by molar-refractivity contribution is 5.80. The van der Waals surface area contributed by atoms with E-state index in [1.165, 1.54) is 51.4 Å². The van der Waals surface area contributed by atoms with Gasteiger partial charge in [0.25, 0.3) is 5.91 Å². The van der Waals surface area contributed by atoms with Crippen molar-refractivity contribution in [3.63, 3.8) is 0 Å². The standard InChI is InChI=1S/C51H93N9O3/c1-8-10-26-59(28-23-55-48(61)47(53)35-41-36-54-37-57-41)31-33-60(32-30-58(25-9-2)27-22-52)29-24-56-49(62)63-42-18-20-50(6)40(34-42)14-15-43-45-17-16-44(39(5)13-11-12-38(3)4)51(45,7)21-19-46(43)50/h14,36-39,42-47H,8-13,15-35,52-53H2,1-7H3,(H,54,57)(H,55,61)(H,56,62)/p+1/t39-,42?,43?,44-,45?,46?,47+,50+,51-/m0/s1. The predicted molar refractivity (Wildman–Crippen MR) is 257 cm³/mol. The molecule has 1 aromatic heterocycles. The Hall–Kier alpha value is -2.51. The molecule has 12 heteroatoms. The Morgan fingerprint density at radius 3 is 2.25 bits per heavy atom. The monoisotopic (exact) mass is 881 g/mol. The number of quaternary nitrogens is 1. The van der Waals surface area contributed by atoms with Crippen molar-refractivity contribution in [2.75, 3.05) is 78.5 Å². The summed E-state index contributed by atoms with van der Waals surface area (Å²) in [5.41, 5.74) is 13.3. The van der Waals surface area contributed by atoms with E-state index in [9.17, 15) is 9.59 Å². The number of H-pyrrole nitrogens is 1. The average Bonchev–Trinajstić information content (AvgIpc) is 3.90. The smallest absolute Gasteiger partial charge is 0.407 e. The second-order valence-electron chi connectivity index (χ2n) is 21.4. The van der Waals surface area contributed by atoms with Gasteiger partial charge in [0.15, 0.2) is 6.04 Å². The van der Waals surface area contributed by atoms with Crippen molar-refractivity contribution in [3.8, 4) is 0 Å². The van der Waals surface area contributed by atoms with Crippen LogP contribution in [0, 0.1) is 46.3 Å². The van der Waals surface area contributed by atoms with Crippen molar-refractivity contribution in [2.24, 2.45) is 52.1 Å². The molecule has 0 bridgehead atoms. The molecule has 0 spiro atoms. The molecule has 0 aromatic carbocycles. The number of nitrogens with two attached hydrogens (primary N) is 1. The Bertz CT molecular complexity index is 1520. The molecule has 3 saturated carbocycles. The zero-order chi connectivity index (χ0) is 45.4. The molecule has 4 aliphatic carbocycles. The number of amides is 2. The van der Waals surface area contributed by atoms with Crippen LogP contribution < -0.4 is 22.1 Å². The fraction of sp³-hybridized carbons (Fsp3) is 0.863. The van der Waals surface area contributed by atoms with Crippen molar-refractivity contribution in [2.45, 2.75) is 157 Å². The number of alkyl carbamates (subject to hydrolysis) is 1. The van der Waals surface area contributed by atoms with Crippen LogP contribution in [0.15, 0.2) is 24.2 Å². The van der Waals surface area contributed by atoms with E-state index >= 15 is 0 Å². The van der Waals surface area contributed by atoms with Crippen LogP contribution in [0.3, 0.4) is 0 Å². The first-order valence-electron chi connectivity index (χ1n) is 25.9. The number of fused-ring (bicyclic) bond motifs is 5. The van der Waals surface area contributed by atoms with Gasteiger partial charge < -0.3 is 41.6 Å². The Balaban J connectivity index is 1.10. The van der Waals surface area contributed by atoms with E-state index in [1.54, 1.807) is 18.1 Å². The number of carbonyl (C=O) groups excluding carboxylic acids is 2. The third-order valence-corrected chi connectivity index (χ3v) is 16.6. The third kappa shape index (κ3) is 14.5. The molecule has 5 rings (SSSR count). The predicted octanol–water partition coefficient (Wildman–Crippen LogP) is 6.89. The van der Waals surface area contributed by atoms with Gasteiger partial charge in [-0.25, -0.2) is 9.78 Å². The van der Waals surface area contributed by atoms with E-state index < -0.39 is 0 Å². The maximum absolute atomic E-state index is 13.4. The number of unbranched alkanes of at least 4 members (excludes halogenated alkanes) is 1. The number of aromatic amines is 1. The minimum Gasteiger partial charge on any atom is -0.446 e. The van der Waals surface area contributed by atoms with Gasteiger partial charge in [-0.1, -0.05) is 85.8 Å². The number of nitrogens with zero attached hydrogens (tertiary/aromatic N) is 4. The van der Waals surface area contributed by atoms with E-state index in [4.69, 9.17) is 10.5 Å². The van der Waals surface area contributed by atoms with Crippen LogP contribution in [-0.2, 0) is 16.0 Å². The maximum Gasteiger partial charge on any atom is 0.407 e. The van der Waals surface area contributed by atoms with Crippen molar-refractivity contribution in [3.05, 3.63) is 29.9 Å². The molecule has 12 nitrogen and oxygen atoms in total. The lowest BCUT2D eigenvalue weighted by molar-refractivity contribution is -0.403. The van der Waals surface area contributed by atoms with Crippen LogP contribution in [0.4, 0.5) is 4.79 Å². The molecule has 0 aliphatic heterocycles. The molecule has 1 heterocycles. The van der Waals surface area contributed by atoms with Crippen molar-refractivity contribution >= 4 is 12.0 Å². The number of imidazole rings is 1. The molecule has 2 amide bonds. The van der Waals surface area contributed by atoms with Crippen LogP contribution in [0.1, 0.15) is 144 Å². The van der Waals surface area contributed by atoms with E-state index in [2.05, 4.69) is 95.6 Å². The topological polar surface area (TPSA) is 159 Å². The lowest BCUT2D eigenvalue weighted by Crippen LogP contribution is -2.68. The summed E-state index contributed by atoms with van der Waals surface area (Å²) < 4.78 is 6.21. The minimum absolute atomic E-state index is 0.0338. The van der Waals surface area contributed by atoms with Gasteiger partial charge in [-0.3, -0.25) is 9.69 Å². The molecular weight excluding hydrogens is 787 g/mol. The Morgan fingerprint density at radius 1 is 0.873 bits per heavy atom. The number of nitrogens with one attached hydrogen (secondary N) is 3. The van der Waals surface area contributed by atoms with E-state index in [-0.39, 0.29) is 29.6 Å². The number of carbonyl (C=O) groups is 2. The lowest BCUT2D eigenvalue weighted by atomic mass is 9.47. The summed E-state index contributed by atoms with van der Waals surface area (Å²) >= 11 is 0. The number of hydrogen-bond donors (Lipinski definition) is 5. The van der Waals surface area contributed by atoms with Crippen LogP contribution in [0.25, 0.3) is 0 Å². The normalized spacial score (nSPS) is 27.8. The van der Waals surface area contributed by atoms with Gasteiger partial charge in [0.2, 0.25) is 0 Å². The summed E-state index contributed by atoms with van der Waals surface area (Å²) in [7, 11) is 0. The highest BCUT2D eigenvalue weighted by atomic mass is 16.6. The zero-order valence-electron chi connectivity index (χ0n) is 41.2. The molecule has 9 atom stereocenters. The fourth-order valence-corrected chi connectivity index (χ4v) is 13.0. The SMILES string of the molecule is CCCCN(CCNC(=O)[C@H]([NH3+])Cc1cnc[nH]1)CCN(CCNC(=O)OC1CC[C@]2(C)C(=CCC3C2CC[C@]2(C)C3CC[C@H]2[C@@H](C)CCCC(C)C)C1)CCN(CCC)CCN. The van der Waals surface area contributed by atoms with Crippen molar-refractivity contribution < 1.29 is 20.1 Å². The summed E-state index contributed by atoms with van der Waals surface area (Å²) in [6.45, 7) is 26.8. The molecule has 4 aliphatic rings. The van der Waals surface area contributed by atoms with Crippen molar-refractivity contribution in [1.82, 2.24) is 35.3 Å². The van der Waals surface area contributed by atoms with Crippen LogP contribution in [0.2, 0.25) is 0 Å². The third-order valence-electron chi connectivity index (χ3n) is 16.6. The quantitative estimate of drug-likeness (QED) is 0.0570. The molecule has 63 heavy (non-hydrogen) atoms. The summed E-state index contributed by atoms with van der Waals surface area (Å²) in [6, 6.07) is -0.369. The molecule has 360 valence electrons. The molecule has 4 unspecified atom stereocenters. The van der Waals surface area contributed by atoms with Gasteiger partial charge in [0, 0.05) is 83.8 Å². The number of ether oxygens (including phenoxy) is 1. The summed E-state index contributed by atoms with van der Waals surface area (Å²) in [5.74, 6) is 4.92. The number of hydrogen-bond acceptors (Lipinski definition) is 8. The van der Waals surface area contributed by atoms with E-state index in [0.717, 1.165) is 139 Å². The second-order valence-corrected chi connectivity index (χ2v) is 21.4. The number of allylic oxidation sites excluding steroid dienone is 1. The van der Waals surface area contributed by atoms with Crippen LogP contribution >= 0.6 is 0 Å². The van der Waals surface area contributed by atoms with Gasteiger partial charge in [-0.2, -0.15) is 0 Å². The molecule has 1 aromatic rings. The van der Waals surface area contributed by atoms with Crippen LogP contribution in [0.5, 0.6) is 0 Å². The molecule has 0 radical (unpaired) electrons. The van der Waals surface area contributed by atoms with E-state index in [1.807, 2.05) is 0 Å². The fourth-order valence-electron chi connectivity index (χ4n) is 13.0. The highest BCUT2D eigenvalue weighted by Gasteiger charge is 2.59. The molecule has 3 fully saturated rings. The summed E-state index contributed by atoms with van der Waals surface area (Å²) in [5, 5.41) is 6.27. The Morgan fingerprint density at radius 2 is 1.59 bits per heavy atom. The second kappa shape index (κ2) is 25.4. The molecule has 8 N–H and O–H groups in total. The lowest BCUT2D eigenvalue weighted by Gasteiger charge is -2.58. The van der Waals surface area contributed by atoms with Gasteiger partial charge in [-0.15, -0.1) is 0 Å². The van der Waals surface area contributed by atoms with Crippen molar-refractivity contribution in [1.29, 1.82) is 0 Å². The molecule has 0 saturated heterocycles. The minimum atomic E-state index is -0.369. The molecular formula is C51H94N9O3+. The van der Waals surface area contributed by atoms with Gasteiger partial charge in [0.05, 0.1) is 12.7 Å².